The Bertz CT molecular complexity index is 151. The van der Waals surface area contributed by atoms with Crippen LogP contribution in [0.5, 0.6) is 0 Å². The minimum Gasteiger partial charge on any atom is -0.370 e. The quantitative estimate of drug-likeness (QED) is 0.644. The number of hydrogen-bond donors (Lipinski definition) is 2. The highest BCUT2D eigenvalue weighted by molar-refractivity contribution is 5.73. The van der Waals surface area contributed by atoms with Gasteiger partial charge in [0.15, 0.2) is 0 Å². The summed E-state index contributed by atoms with van der Waals surface area (Å²) >= 11 is 0. The van der Waals surface area contributed by atoms with Crippen molar-refractivity contribution in [2.75, 3.05) is 6.54 Å². The van der Waals surface area contributed by atoms with Gasteiger partial charge in [0.1, 0.15) is 0 Å². The molecule has 1 aliphatic rings. The van der Waals surface area contributed by atoms with Gasteiger partial charge in [0.25, 0.3) is 0 Å². The van der Waals surface area contributed by atoms with Gasteiger partial charge in [-0.25, -0.2) is 0 Å². The number of carbonyl (C=O) groups is 1. The summed E-state index contributed by atoms with van der Waals surface area (Å²) in [5.41, 5.74) is 5.06. The molecule has 1 aliphatic carbocycles. The Labute approximate surface area is 80.1 Å². The van der Waals surface area contributed by atoms with Gasteiger partial charge in [0, 0.05) is 19.0 Å². The van der Waals surface area contributed by atoms with Gasteiger partial charge in [-0.15, -0.1) is 0 Å². The fourth-order valence-electron chi connectivity index (χ4n) is 1.88. The Hall–Kier alpha value is -0.570. The molecule has 1 fully saturated rings. The van der Waals surface area contributed by atoms with Crippen molar-refractivity contribution in [3.05, 3.63) is 0 Å². The molecule has 0 radical (unpaired) electrons. The van der Waals surface area contributed by atoms with Crippen molar-refractivity contribution in [3.8, 4) is 0 Å². The van der Waals surface area contributed by atoms with Crippen LogP contribution in [0.15, 0.2) is 0 Å². The zero-order chi connectivity index (χ0) is 9.52. The average molecular weight is 184 g/mol. The largest absolute Gasteiger partial charge is 0.370 e. The van der Waals surface area contributed by atoms with E-state index in [0.717, 1.165) is 6.54 Å². The van der Waals surface area contributed by atoms with Gasteiger partial charge in [-0.3, -0.25) is 4.79 Å². The summed E-state index contributed by atoms with van der Waals surface area (Å²) in [6, 6.07) is 0.627. The number of rotatable bonds is 4. The lowest BCUT2D eigenvalue weighted by Crippen LogP contribution is -2.31. The summed E-state index contributed by atoms with van der Waals surface area (Å²) in [5, 5.41) is 3.39. The standard InChI is InChI=1S/C10H20N2O/c11-10(13)7-8-12-9-5-3-1-2-4-6-9/h9,12H,1-8H2,(H2,11,13). The minimum atomic E-state index is -0.207. The molecule has 3 N–H and O–H groups in total. The van der Waals surface area contributed by atoms with Crippen LogP contribution in [0.3, 0.4) is 0 Å². The monoisotopic (exact) mass is 184 g/mol. The van der Waals surface area contributed by atoms with E-state index in [0.29, 0.717) is 12.5 Å². The van der Waals surface area contributed by atoms with Gasteiger partial charge in [0.05, 0.1) is 0 Å². The predicted octanol–water partition coefficient (Wildman–Crippen LogP) is 1.17. The third-order valence-electron chi connectivity index (χ3n) is 2.66. The van der Waals surface area contributed by atoms with Crippen molar-refractivity contribution in [3.63, 3.8) is 0 Å². The molecule has 76 valence electrons. The fourth-order valence-corrected chi connectivity index (χ4v) is 1.88. The lowest BCUT2D eigenvalue weighted by molar-refractivity contribution is -0.117. The number of nitrogens with two attached hydrogens (primary N) is 1. The van der Waals surface area contributed by atoms with Gasteiger partial charge in [-0.1, -0.05) is 25.7 Å². The highest BCUT2D eigenvalue weighted by Crippen LogP contribution is 2.16. The van der Waals surface area contributed by atoms with E-state index in [1.54, 1.807) is 0 Å². The van der Waals surface area contributed by atoms with Crippen molar-refractivity contribution in [1.82, 2.24) is 5.32 Å². The predicted molar refractivity (Wildman–Crippen MR) is 53.3 cm³/mol. The van der Waals surface area contributed by atoms with Crippen LogP contribution in [0.2, 0.25) is 0 Å². The van der Waals surface area contributed by atoms with Crippen LogP contribution in [0.4, 0.5) is 0 Å². The van der Waals surface area contributed by atoms with E-state index in [1.165, 1.54) is 38.5 Å². The molecule has 3 nitrogen and oxygen atoms in total. The fraction of sp³-hybridized carbons (Fsp3) is 0.900. The summed E-state index contributed by atoms with van der Waals surface area (Å²) in [7, 11) is 0. The Kier molecular flexibility index (Phi) is 4.83. The first-order chi connectivity index (χ1) is 6.29. The topological polar surface area (TPSA) is 55.1 Å². The molecule has 0 unspecified atom stereocenters. The van der Waals surface area contributed by atoms with Crippen LogP contribution >= 0.6 is 0 Å². The van der Waals surface area contributed by atoms with Crippen LogP contribution in [0.1, 0.15) is 44.9 Å². The Morgan fingerprint density at radius 3 is 2.38 bits per heavy atom. The summed E-state index contributed by atoms with van der Waals surface area (Å²) in [6.07, 6.45) is 8.39. The summed E-state index contributed by atoms with van der Waals surface area (Å²) in [4.78, 5) is 10.5. The van der Waals surface area contributed by atoms with Crippen LogP contribution in [0, 0.1) is 0 Å². The molecular weight excluding hydrogens is 164 g/mol. The van der Waals surface area contributed by atoms with E-state index in [4.69, 9.17) is 5.73 Å². The van der Waals surface area contributed by atoms with Crippen LogP contribution in [-0.4, -0.2) is 18.5 Å². The lowest BCUT2D eigenvalue weighted by atomic mass is 10.1. The first-order valence-corrected chi connectivity index (χ1v) is 5.31. The van der Waals surface area contributed by atoms with Gasteiger partial charge >= 0.3 is 0 Å². The molecule has 0 heterocycles. The Morgan fingerprint density at radius 1 is 1.23 bits per heavy atom. The van der Waals surface area contributed by atoms with E-state index < -0.39 is 0 Å². The van der Waals surface area contributed by atoms with Crippen LogP contribution in [-0.2, 0) is 4.79 Å². The second-order valence-electron chi connectivity index (χ2n) is 3.86. The molecule has 3 heteroatoms. The number of nitrogens with one attached hydrogen (secondary N) is 1. The number of carbonyl (C=O) groups excluding carboxylic acids is 1. The van der Waals surface area contributed by atoms with E-state index in [1.807, 2.05) is 0 Å². The van der Waals surface area contributed by atoms with Gasteiger partial charge in [0.2, 0.25) is 5.91 Å². The Balaban J connectivity index is 2.08. The second-order valence-corrected chi connectivity index (χ2v) is 3.86. The van der Waals surface area contributed by atoms with E-state index in [-0.39, 0.29) is 5.91 Å². The maximum absolute atomic E-state index is 10.5. The summed E-state index contributed by atoms with van der Waals surface area (Å²) in [5.74, 6) is -0.207. The van der Waals surface area contributed by atoms with E-state index in [2.05, 4.69) is 5.32 Å². The molecule has 0 spiro atoms. The van der Waals surface area contributed by atoms with Crippen LogP contribution < -0.4 is 11.1 Å². The third kappa shape index (κ3) is 4.88. The van der Waals surface area contributed by atoms with Gasteiger partial charge in [-0.05, 0) is 12.8 Å². The Morgan fingerprint density at radius 2 is 1.85 bits per heavy atom. The maximum atomic E-state index is 10.5. The van der Waals surface area contributed by atoms with Crippen molar-refractivity contribution in [1.29, 1.82) is 0 Å². The molecule has 0 aromatic carbocycles. The molecule has 0 saturated heterocycles. The van der Waals surface area contributed by atoms with Crippen molar-refractivity contribution < 1.29 is 4.79 Å². The van der Waals surface area contributed by atoms with Crippen molar-refractivity contribution in [2.24, 2.45) is 5.73 Å². The number of amides is 1. The molecule has 0 atom stereocenters. The molecule has 1 rings (SSSR count). The van der Waals surface area contributed by atoms with Crippen LogP contribution in [0.25, 0.3) is 0 Å². The molecular formula is C10H20N2O. The molecule has 0 aliphatic heterocycles. The third-order valence-corrected chi connectivity index (χ3v) is 2.66. The summed E-state index contributed by atoms with van der Waals surface area (Å²) < 4.78 is 0. The SMILES string of the molecule is NC(=O)CCNC1CCCCCC1. The average Bonchev–Trinajstić information content (AvgIpc) is 2.32. The van der Waals surface area contributed by atoms with E-state index in [9.17, 15) is 4.79 Å². The zero-order valence-electron chi connectivity index (χ0n) is 8.22. The lowest BCUT2D eigenvalue weighted by Gasteiger charge is -2.15. The highest BCUT2D eigenvalue weighted by atomic mass is 16.1. The van der Waals surface area contributed by atoms with Gasteiger partial charge < -0.3 is 11.1 Å². The molecule has 0 bridgehead atoms. The highest BCUT2D eigenvalue weighted by Gasteiger charge is 2.10. The minimum absolute atomic E-state index is 0.207. The number of primary amides is 1. The molecule has 13 heavy (non-hydrogen) atoms. The van der Waals surface area contributed by atoms with E-state index >= 15 is 0 Å². The first-order valence-electron chi connectivity index (χ1n) is 5.31. The molecule has 1 amide bonds. The molecule has 1 saturated carbocycles. The molecule has 0 aromatic heterocycles. The second kappa shape index (κ2) is 5.97. The molecule has 0 aromatic rings. The first kappa shape index (κ1) is 10.5. The summed E-state index contributed by atoms with van der Waals surface area (Å²) in [6.45, 7) is 0.750. The number of hydrogen-bond acceptors (Lipinski definition) is 2. The van der Waals surface area contributed by atoms with Crippen molar-refractivity contribution >= 4 is 5.91 Å². The van der Waals surface area contributed by atoms with Crippen molar-refractivity contribution in [2.45, 2.75) is 51.0 Å². The maximum Gasteiger partial charge on any atom is 0.218 e. The van der Waals surface area contributed by atoms with Gasteiger partial charge in [-0.2, -0.15) is 0 Å². The normalized spacial score (nSPS) is 19.7. The zero-order valence-corrected chi connectivity index (χ0v) is 8.22. The smallest absolute Gasteiger partial charge is 0.218 e.